The fourth-order valence-electron chi connectivity index (χ4n) is 0.371. The van der Waals surface area contributed by atoms with Gasteiger partial charge >= 0.3 is 20.8 Å². The summed E-state index contributed by atoms with van der Waals surface area (Å²) in [4.78, 5) is 56.1. The van der Waals surface area contributed by atoms with Crippen LogP contribution in [0.3, 0.4) is 0 Å². The van der Waals surface area contributed by atoms with Gasteiger partial charge in [0.1, 0.15) is 6.42 Å². The lowest BCUT2D eigenvalue weighted by Gasteiger charge is -1.99. The summed E-state index contributed by atoms with van der Waals surface area (Å²) < 4.78 is 0. The van der Waals surface area contributed by atoms with Crippen LogP contribution in [0, 0.1) is 22.3 Å². The Balaban J connectivity index is -0.0000000214. The molecule has 0 aromatic heterocycles. The molecule has 28 heavy (non-hydrogen) atoms. The molecule has 0 aromatic carbocycles. The molecule has 0 radical (unpaired) electrons. The fourth-order valence-corrected chi connectivity index (χ4v) is 0.371. The van der Waals surface area contributed by atoms with Crippen molar-refractivity contribution in [3.05, 3.63) is 22.3 Å². The average Bonchev–Trinajstić information content (AvgIpc) is 2.39. The molecule has 0 saturated carbocycles. The van der Waals surface area contributed by atoms with Crippen LogP contribution in [-0.2, 0) is 28.8 Å². The van der Waals surface area contributed by atoms with E-state index in [1.165, 1.54) is 0 Å². The minimum atomic E-state index is -1.63. The molecule has 0 rings (SSSR count). The minimum absolute atomic E-state index is 0. The third-order valence-electron chi connectivity index (χ3n) is 0.887. The molecule has 0 aliphatic heterocycles. The van der Waals surface area contributed by atoms with E-state index in [4.69, 9.17) is 25.5 Å². The molecule has 0 spiro atoms. The lowest BCUT2D eigenvalue weighted by atomic mass is 10.5. The van der Waals surface area contributed by atoms with Crippen molar-refractivity contribution in [1.82, 2.24) is 0 Å². The monoisotopic (exact) mass is 420 g/mol. The average molecular weight is 420 g/mol. The summed E-state index contributed by atoms with van der Waals surface area (Å²) in [5.74, 6) is -8.81. The van der Waals surface area contributed by atoms with Gasteiger partial charge in [-0.15, -0.1) is 0 Å². The van der Waals surface area contributed by atoms with Crippen molar-refractivity contribution in [3.8, 4) is 0 Å². The van der Waals surface area contributed by atoms with Crippen LogP contribution < -0.4 is 15.3 Å². The first-order valence-corrected chi connectivity index (χ1v) is 5.52. The molecule has 0 fully saturated rings. The van der Waals surface area contributed by atoms with Crippen LogP contribution in [0.5, 0.6) is 0 Å². The number of hydrogen-bond acceptors (Lipinski definition) is 11. The van der Waals surface area contributed by atoms with E-state index in [0.29, 0.717) is 0 Å². The van der Waals surface area contributed by atoms with E-state index in [0.717, 1.165) is 14.2 Å². The van der Waals surface area contributed by atoms with E-state index in [1.54, 1.807) is 0 Å². The SMILES string of the molecule is CO.CO.O=C(O)CC(=O)O.O=C([O-])CC(=O)O.O=C([O-])CC(=O)[O-].[CH3+].[CH3+].[CH3+].[H+].[H+]. The number of hydrogen-bond donors (Lipinski definition) is 5. The summed E-state index contributed by atoms with van der Waals surface area (Å²) in [6, 6.07) is 0. The maximum Gasteiger partial charge on any atom is 1.00 e. The summed E-state index contributed by atoms with van der Waals surface area (Å²) >= 11 is 0. The van der Waals surface area contributed by atoms with Crippen LogP contribution in [0.2, 0.25) is 0 Å². The number of carboxylic acid groups (broad SMARTS) is 6. The van der Waals surface area contributed by atoms with Crippen molar-refractivity contribution in [1.29, 1.82) is 0 Å². The van der Waals surface area contributed by atoms with Gasteiger partial charge in [0.15, 0.2) is 0 Å². The Morgan fingerprint density at radius 3 is 0.714 bits per heavy atom. The maximum absolute atomic E-state index is 9.43. The van der Waals surface area contributed by atoms with Gasteiger partial charge < -0.3 is 55.2 Å². The lowest BCUT2D eigenvalue weighted by Crippen LogP contribution is -2.32. The van der Waals surface area contributed by atoms with Crippen LogP contribution >= 0.6 is 0 Å². The van der Waals surface area contributed by atoms with Gasteiger partial charge in [0.05, 0.1) is 12.4 Å². The molecule has 0 aliphatic rings. The first-order chi connectivity index (χ1) is 11.4. The Bertz CT molecular complexity index is 329. The van der Waals surface area contributed by atoms with Crippen molar-refractivity contribution in [2.75, 3.05) is 14.2 Å². The molecule has 0 aromatic rings. The highest BCUT2D eigenvalue weighted by molar-refractivity contribution is 5.89. The Labute approximate surface area is 165 Å². The molecule has 0 heterocycles. The van der Waals surface area contributed by atoms with Crippen LogP contribution in [0.25, 0.3) is 0 Å². The first-order valence-electron chi connectivity index (χ1n) is 5.52. The Morgan fingerprint density at radius 2 is 0.714 bits per heavy atom. The molecule has 0 aliphatic carbocycles. The molecule has 0 bridgehead atoms. The number of carbonyl (C=O) groups is 6. The number of aliphatic hydroxyl groups excluding tert-OH is 2. The summed E-state index contributed by atoms with van der Waals surface area (Å²) in [6.07, 6.45) is -2.75. The quantitative estimate of drug-likeness (QED) is 0.200. The van der Waals surface area contributed by atoms with Crippen LogP contribution in [0.1, 0.15) is 22.1 Å². The number of aliphatic carboxylic acids is 6. The molecule has 14 nitrogen and oxygen atoms in total. The maximum atomic E-state index is 9.43. The summed E-state index contributed by atoms with van der Waals surface area (Å²) in [6.45, 7) is 0. The van der Waals surface area contributed by atoms with Gasteiger partial charge in [0.2, 0.25) is 0 Å². The highest BCUT2D eigenvalue weighted by Gasteiger charge is 2.01. The second-order valence-electron chi connectivity index (χ2n) is 2.83. The number of rotatable bonds is 6. The fraction of sp³-hybridized carbons (Fsp3) is 0.357. The largest absolute Gasteiger partial charge is 1.00 e. The second kappa shape index (κ2) is 38.7. The van der Waals surface area contributed by atoms with Crippen molar-refractivity contribution in [2.24, 2.45) is 0 Å². The zero-order valence-corrected chi connectivity index (χ0v) is 16.0. The second-order valence-corrected chi connectivity index (χ2v) is 2.83. The third kappa shape index (κ3) is 146. The van der Waals surface area contributed by atoms with E-state index in [1.807, 2.05) is 0 Å². The third-order valence-corrected chi connectivity index (χ3v) is 0.887. The van der Waals surface area contributed by atoms with E-state index in [-0.39, 0.29) is 25.1 Å². The van der Waals surface area contributed by atoms with Gasteiger partial charge in [0.25, 0.3) is 0 Å². The smallest absolute Gasteiger partial charge is 0.550 e. The first kappa shape index (κ1) is 49.7. The predicted octanol–water partition coefficient (Wildman–Crippen LogP) is -4.57. The highest BCUT2D eigenvalue weighted by atomic mass is 16.4. The zero-order chi connectivity index (χ0) is 21.6. The predicted molar refractivity (Wildman–Crippen MR) is 89.5 cm³/mol. The molecular formula is C14H28O14+2. The van der Waals surface area contributed by atoms with Crippen molar-refractivity contribution in [2.45, 2.75) is 19.3 Å². The lowest BCUT2D eigenvalue weighted by molar-refractivity contribution is -0.322. The molecule has 0 saturated heterocycles. The molecule has 0 unspecified atom stereocenters. The molecule has 0 amide bonds. The van der Waals surface area contributed by atoms with Crippen LogP contribution in [0.15, 0.2) is 0 Å². The normalized spacial score (nSPS) is 6.43. The standard InChI is InChI=1S/3C3H4O4.2CH4O.3CH3/c3*4-2(5)1-3(6)7;2*1-2;;;/h3*1H2,(H,4,5)(H,6,7);2*2H,1H3;3*1H3/q;;;;;3*+1/p-1. The van der Waals surface area contributed by atoms with Gasteiger partial charge in [0, 0.05) is 54.9 Å². The van der Waals surface area contributed by atoms with Gasteiger partial charge in [-0.3, -0.25) is 14.4 Å². The van der Waals surface area contributed by atoms with Gasteiger partial charge in [-0.1, -0.05) is 0 Å². The molecule has 0 atom stereocenters. The minimum Gasteiger partial charge on any atom is -0.550 e. The topological polar surface area (TPSA) is 273 Å². The molecule has 5 N–H and O–H groups in total. The van der Waals surface area contributed by atoms with Crippen LogP contribution in [0.4, 0.5) is 0 Å². The Morgan fingerprint density at radius 1 is 0.536 bits per heavy atom. The van der Waals surface area contributed by atoms with E-state index >= 15 is 0 Å². The van der Waals surface area contributed by atoms with Gasteiger partial charge in [-0.2, -0.15) is 0 Å². The Hall–Kier alpha value is -3.65. The van der Waals surface area contributed by atoms with Crippen molar-refractivity contribution >= 4 is 35.8 Å². The van der Waals surface area contributed by atoms with E-state index < -0.39 is 55.1 Å². The van der Waals surface area contributed by atoms with Gasteiger partial charge in [-0.05, 0) is 0 Å². The number of carboxylic acids is 6. The summed E-state index contributed by atoms with van der Waals surface area (Å²) in [7, 11) is 2.00. The summed E-state index contributed by atoms with van der Waals surface area (Å²) in [5, 5.41) is 64.9. The molecular weight excluding hydrogens is 392 g/mol. The Kier molecular flexibility index (Phi) is 68.7. The van der Waals surface area contributed by atoms with Gasteiger partial charge in [-0.25, -0.2) is 0 Å². The summed E-state index contributed by atoms with van der Waals surface area (Å²) in [5.41, 5.74) is 0. The van der Waals surface area contributed by atoms with Crippen molar-refractivity contribution < 1.29 is 72.5 Å². The van der Waals surface area contributed by atoms with Crippen molar-refractivity contribution in [3.63, 3.8) is 0 Å². The van der Waals surface area contributed by atoms with E-state index in [2.05, 4.69) is 0 Å². The number of carbonyl (C=O) groups excluding carboxylic acids is 3. The highest BCUT2D eigenvalue weighted by Crippen LogP contribution is 1.74. The zero-order valence-electron chi connectivity index (χ0n) is 18.0. The molecule has 166 valence electrons. The van der Waals surface area contributed by atoms with Crippen LogP contribution in [-0.4, -0.2) is 75.6 Å². The molecule has 14 heteroatoms. The van der Waals surface area contributed by atoms with E-state index in [9.17, 15) is 44.1 Å². The number of aliphatic hydroxyl groups is 2.